The molecule has 3 rings (SSSR count). The minimum atomic E-state index is -0.415. The van der Waals surface area contributed by atoms with Gasteiger partial charge in [0.25, 0.3) is 0 Å². The molecule has 1 aliphatic carbocycles. The molecule has 0 amide bonds. The fourth-order valence-corrected chi connectivity index (χ4v) is 3.58. The van der Waals surface area contributed by atoms with Crippen LogP contribution in [0.4, 0.5) is 10.1 Å². The first-order valence-corrected chi connectivity index (χ1v) is 9.25. The number of amidine groups is 1. The number of benzene rings is 1. The Bertz CT molecular complexity index is 816. The maximum absolute atomic E-state index is 13.3. The SMILES string of the molecule is O=C(Cc1conc1C(=Nc1ccc(F)c(Br)c1)NO)CC1CCCC1. The lowest BCUT2D eigenvalue weighted by Gasteiger charge is -2.08. The van der Waals surface area contributed by atoms with E-state index in [0.717, 1.165) is 12.8 Å². The van der Waals surface area contributed by atoms with Gasteiger partial charge in [-0.15, -0.1) is 0 Å². The summed E-state index contributed by atoms with van der Waals surface area (Å²) in [6, 6.07) is 4.19. The van der Waals surface area contributed by atoms with Gasteiger partial charge in [0.05, 0.1) is 10.2 Å². The van der Waals surface area contributed by atoms with Gasteiger partial charge in [-0.25, -0.2) is 9.38 Å². The molecule has 0 bridgehead atoms. The molecule has 1 aromatic heterocycles. The predicted octanol–water partition coefficient (Wildman–Crippen LogP) is 4.33. The smallest absolute Gasteiger partial charge is 0.180 e. The maximum atomic E-state index is 13.3. The molecule has 0 spiro atoms. The first kappa shape index (κ1) is 18.7. The van der Waals surface area contributed by atoms with Crippen LogP contribution in [0.5, 0.6) is 0 Å². The topological polar surface area (TPSA) is 87.7 Å². The lowest BCUT2D eigenvalue weighted by molar-refractivity contribution is -0.119. The van der Waals surface area contributed by atoms with Crippen LogP contribution in [-0.2, 0) is 11.2 Å². The molecule has 1 aliphatic rings. The summed E-state index contributed by atoms with van der Waals surface area (Å²) < 4.78 is 18.6. The largest absolute Gasteiger partial charge is 0.364 e. The molecule has 138 valence electrons. The maximum Gasteiger partial charge on any atom is 0.180 e. The Labute approximate surface area is 158 Å². The highest BCUT2D eigenvalue weighted by molar-refractivity contribution is 9.10. The van der Waals surface area contributed by atoms with Gasteiger partial charge < -0.3 is 4.52 Å². The first-order valence-electron chi connectivity index (χ1n) is 8.46. The zero-order valence-corrected chi connectivity index (χ0v) is 15.6. The monoisotopic (exact) mass is 423 g/mol. The molecule has 0 saturated heterocycles. The third kappa shape index (κ3) is 4.56. The number of ketones is 1. The molecule has 0 atom stereocenters. The number of carbonyl (C=O) groups is 1. The van der Waals surface area contributed by atoms with Gasteiger partial charge in [-0.3, -0.25) is 15.5 Å². The predicted molar refractivity (Wildman–Crippen MR) is 97.0 cm³/mol. The number of nitrogens with zero attached hydrogens (tertiary/aromatic N) is 2. The number of aromatic nitrogens is 1. The second-order valence-electron chi connectivity index (χ2n) is 6.43. The fourth-order valence-electron chi connectivity index (χ4n) is 3.21. The highest BCUT2D eigenvalue weighted by Gasteiger charge is 2.21. The van der Waals surface area contributed by atoms with E-state index in [1.165, 1.54) is 37.3 Å². The molecule has 1 heterocycles. The third-order valence-electron chi connectivity index (χ3n) is 4.50. The van der Waals surface area contributed by atoms with Crippen molar-refractivity contribution in [3.8, 4) is 0 Å². The summed E-state index contributed by atoms with van der Waals surface area (Å²) in [6.07, 6.45) is 6.69. The first-order chi connectivity index (χ1) is 12.6. The zero-order chi connectivity index (χ0) is 18.5. The summed E-state index contributed by atoms with van der Waals surface area (Å²) in [4.78, 5) is 16.5. The molecule has 0 radical (unpaired) electrons. The molecular formula is C18H19BrFN3O3. The van der Waals surface area contributed by atoms with Crippen molar-refractivity contribution in [1.29, 1.82) is 0 Å². The number of hydrogen-bond donors (Lipinski definition) is 2. The van der Waals surface area contributed by atoms with Crippen molar-refractivity contribution >= 4 is 33.2 Å². The van der Waals surface area contributed by atoms with Crippen molar-refractivity contribution in [3.05, 3.63) is 46.0 Å². The van der Waals surface area contributed by atoms with Crippen molar-refractivity contribution in [2.45, 2.75) is 38.5 Å². The van der Waals surface area contributed by atoms with Crippen LogP contribution in [0, 0.1) is 11.7 Å². The van der Waals surface area contributed by atoms with Crippen LogP contribution < -0.4 is 5.48 Å². The molecule has 26 heavy (non-hydrogen) atoms. The fraction of sp³-hybridized carbons (Fsp3) is 0.389. The van der Waals surface area contributed by atoms with Crippen molar-refractivity contribution in [2.75, 3.05) is 0 Å². The number of halogens is 2. The van der Waals surface area contributed by atoms with E-state index >= 15 is 0 Å². The van der Waals surface area contributed by atoms with E-state index in [-0.39, 0.29) is 28.2 Å². The Morgan fingerprint density at radius 2 is 2.19 bits per heavy atom. The van der Waals surface area contributed by atoms with E-state index in [0.29, 0.717) is 23.6 Å². The molecule has 1 fully saturated rings. The molecule has 6 nitrogen and oxygen atoms in total. The summed E-state index contributed by atoms with van der Waals surface area (Å²) in [5.41, 5.74) is 3.19. The summed E-state index contributed by atoms with van der Waals surface area (Å²) in [7, 11) is 0. The van der Waals surface area contributed by atoms with E-state index < -0.39 is 5.82 Å². The Kier molecular flexibility index (Phi) is 6.16. The second-order valence-corrected chi connectivity index (χ2v) is 7.28. The highest BCUT2D eigenvalue weighted by Crippen LogP contribution is 2.28. The van der Waals surface area contributed by atoms with E-state index in [1.807, 2.05) is 5.48 Å². The average molecular weight is 424 g/mol. The van der Waals surface area contributed by atoms with Gasteiger partial charge >= 0.3 is 0 Å². The summed E-state index contributed by atoms with van der Waals surface area (Å²) in [6.45, 7) is 0. The van der Waals surface area contributed by atoms with Crippen molar-refractivity contribution in [3.63, 3.8) is 0 Å². The Morgan fingerprint density at radius 1 is 1.42 bits per heavy atom. The average Bonchev–Trinajstić information content (AvgIpc) is 3.28. The van der Waals surface area contributed by atoms with Crippen molar-refractivity contribution < 1.29 is 18.9 Å². The highest BCUT2D eigenvalue weighted by atomic mass is 79.9. The summed E-state index contributed by atoms with van der Waals surface area (Å²) in [5, 5.41) is 13.3. The second kappa shape index (κ2) is 8.55. The number of nitrogens with one attached hydrogen (secondary N) is 1. The number of aliphatic imine (C=N–C) groups is 1. The van der Waals surface area contributed by atoms with Crippen LogP contribution in [-0.4, -0.2) is 22.0 Å². The van der Waals surface area contributed by atoms with Gasteiger partial charge in [-0.2, -0.15) is 0 Å². The Morgan fingerprint density at radius 3 is 2.88 bits per heavy atom. The van der Waals surface area contributed by atoms with Crippen LogP contribution in [0.25, 0.3) is 0 Å². The standard InChI is InChI=1S/C18H19BrFN3O3/c19-15-9-13(5-6-16(15)20)21-18(22-25)17-12(10-26-23-17)8-14(24)7-11-3-1-2-4-11/h5-6,9-11,25H,1-4,7-8H2,(H,21,22). The molecule has 2 N–H and O–H groups in total. The minimum absolute atomic E-state index is 0.0286. The molecule has 1 aromatic carbocycles. The molecule has 1 saturated carbocycles. The van der Waals surface area contributed by atoms with Gasteiger partial charge in [-0.05, 0) is 40.0 Å². The lowest BCUT2D eigenvalue weighted by Crippen LogP contribution is -2.22. The van der Waals surface area contributed by atoms with Gasteiger partial charge in [0, 0.05) is 18.4 Å². The van der Waals surface area contributed by atoms with E-state index in [2.05, 4.69) is 26.1 Å². The number of carbonyl (C=O) groups excluding carboxylic acids is 1. The minimum Gasteiger partial charge on any atom is -0.364 e. The van der Waals surface area contributed by atoms with Crippen molar-refractivity contribution in [2.24, 2.45) is 10.9 Å². The number of rotatable bonds is 6. The van der Waals surface area contributed by atoms with Gasteiger partial charge in [0.1, 0.15) is 17.9 Å². The van der Waals surface area contributed by atoms with Gasteiger partial charge in [0.2, 0.25) is 0 Å². The number of hydroxylamine groups is 1. The van der Waals surface area contributed by atoms with Crippen LogP contribution in [0.3, 0.4) is 0 Å². The lowest BCUT2D eigenvalue weighted by atomic mass is 9.97. The van der Waals surface area contributed by atoms with E-state index in [4.69, 9.17) is 4.52 Å². The molecular weight excluding hydrogens is 405 g/mol. The molecule has 0 unspecified atom stereocenters. The normalized spacial score (nSPS) is 15.4. The Balaban J connectivity index is 1.77. The van der Waals surface area contributed by atoms with Crippen LogP contribution in [0.1, 0.15) is 43.4 Å². The molecule has 2 aromatic rings. The third-order valence-corrected chi connectivity index (χ3v) is 5.10. The summed E-state index contributed by atoms with van der Waals surface area (Å²) in [5.74, 6) is 0.192. The Hall–Kier alpha value is -2.06. The number of Topliss-reactive ketones (excluding diaryl/α,β-unsaturated/α-hetero) is 1. The van der Waals surface area contributed by atoms with E-state index in [9.17, 15) is 14.4 Å². The van der Waals surface area contributed by atoms with Crippen LogP contribution >= 0.6 is 15.9 Å². The molecule has 0 aliphatic heterocycles. The van der Waals surface area contributed by atoms with Crippen molar-refractivity contribution in [1.82, 2.24) is 10.6 Å². The number of hydrogen-bond acceptors (Lipinski definition) is 5. The summed E-state index contributed by atoms with van der Waals surface area (Å²) >= 11 is 3.09. The zero-order valence-electron chi connectivity index (χ0n) is 14.0. The quantitative estimate of drug-likeness (QED) is 0.410. The molecule has 8 heteroatoms. The van der Waals surface area contributed by atoms with Gasteiger partial charge in [0.15, 0.2) is 11.5 Å². The van der Waals surface area contributed by atoms with Crippen LogP contribution in [0.2, 0.25) is 0 Å². The van der Waals surface area contributed by atoms with Gasteiger partial charge in [-0.1, -0.05) is 30.8 Å². The van der Waals surface area contributed by atoms with E-state index in [1.54, 1.807) is 0 Å². The van der Waals surface area contributed by atoms with Crippen LogP contribution in [0.15, 0.2) is 38.5 Å².